The number of thiazole rings is 1. The molecule has 0 fully saturated rings. The highest BCUT2D eigenvalue weighted by molar-refractivity contribution is 7.15. The third kappa shape index (κ3) is 2.44. The van der Waals surface area contributed by atoms with Gasteiger partial charge in [0.05, 0.1) is 23.9 Å². The van der Waals surface area contributed by atoms with E-state index < -0.39 is 11.9 Å². The van der Waals surface area contributed by atoms with Gasteiger partial charge in [0.1, 0.15) is 0 Å². The first-order chi connectivity index (χ1) is 10.6. The van der Waals surface area contributed by atoms with Crippen molar-refractivity contribution in [3.8, 4) is 0 Å². The van der Waals surface area contributed by atoms with E-state index in [0.29, 0.717) is 4.96 Å². The van der Waals surface area contributed by atoms with Gasteiger partial charge < -0.3 is 4.74 Å². The summed E-state index contributed by atoms with van der Waals surface area (Å²) in [6.45, 7) is 1.90. The van der Waals surface area contributed by atoms with Gasteiger partial charge in [-0.2, -0.15) is 4.98 Å². The number of hydrogen-bond acceptors (Lipinski definition) is 6. The van der Waals surface area contributed by atoms with E-state index >= 15 is 0 Å². The molecule has 2 aromatic heterocycles. The fourth-order valence-corrected chi connectivity index (χ4v) is 2.78. The van der Waals surface area contributed by atoms with Gasteiger partial charge in [-0.25, -0.2) is 9.31 Å². The number of nitrogens with one attached hydrogen (secondary N) is 1. The van der Waals surface area contributed by atoms with Gasteiger partial charge in [0.15, 0.2) is 0 Å². The minimum Gasteiger partial charge on any atom is -0.465 e. The highest BCUT2D eigenvalue weighted by Gasteiger charge is 2.18. The summed E-state index contributed by atoms with van der Waals surface area (Å²) in [4.78, 5) is 28.9. The van der Waals surface area contributed by atoms with E-state index in [1.807, 2.05) is 12.3 Å². The number of aryl methyl sites for hydroxylation is 1. The summed E-state index contributed by atoms with van der Waals surface area (Å²) >= 11 is 1.43. The van der Waals surface area contributed by atoms with Crippen LogP contribution in [0.4, 0.5) is 5.95 Å². The van der Waals surface area contributed by atoms with Gasteiger partial charge in [0, 0.05) is 5.38 Å². The number of fused-ring (bicyclic) bond motifs is 1. The molecule has 3 aromatic rings. The molecule has 0 saturated heterocycles. The maximum absolute atomic E-state index is 12.3. The van der Waals surface area contributed by atoms with Crippen molar-refractivity contribution in [1.29, 1.82) is 0 Å². The van der Waals surface area contributed by atoms with Crippen LogP contribution in [-0.4, -0.2) is 33.6 Å². The van der Waals surface area contributed by atoms with Gasteiger partial charge in [-0.15, -0.1) is 16.4 Å². The molecule has 0 radical (unpaired) electrons. The lowest BCUT2D eigenvalue weighted by Gasteiger charge is -2.06. The van der Waals surface area contributed by atoms with Crippen LogP contribution in [0.2, 0.25) is 0 Å². The minimum absolute atomic E-state index is 0.194. The van der Waals surface area contributed by atoms with Crippen molar-refractivity contribution in [3.63, 3.8) is 0 Å². The molecule has 2 heterocycles. The molecule has 1 amide bonds. The molecule has 1 N–H and O–H groups in total. The second-order valence-corrected chi connectivity index (χ2v) is 5.33. The van der Waals surface area contributed by atoms with E-state index in [9.17, 15) is 9.59 Å². The lowest BCUT2D eigenvalue weighted by Crippen LogP contribution is -2.17. The predicted molar refractivity (Wildman–Crippen MR) is 81.3 cm³/mol. The normalized spacial score (nSPS) is 10.6. The topological polar surface area (TPSA) is 85.6 Å². The molecule has 0 aliphatic rings. The average Bonchev–Trinajstić information content (AvgIpc) is 3.08. The van der Waals surface area contributed by atoms with Crippen molar-refractivity contribution in [1.82, 2.24) is 14.6 Å². The number of esters is 1. The quantitative estimate of drug-likeness (QED) is 0.748. The van der Waals surface area contributed by atoms with Crippen molar-refractivity contribution in [2.75, 3.05) is 12.4 Å². The highest BCUT2D eigenvalue weighted by Crippen LogP contribution is 2.17. The van der Waals surface area contributed by atoms with Crippen LogP contribution < -0.4 is 5.32 Å². The smallest absolute Gasteiger partial charge is 0.338 e. The lowest BCUT2D eigenvalue weighted by atomic mass is 10.1. The van der Waals surface area contributed by atoms with E-state index in [1.54, 1.807) is 22.7 Å². The first kappa shape index (κ1) is 14.2. The Kier molecular flexibility index (Phi) is 3.60. The van der Waals surface area contributed by atoms with Crippen molar-refractivity contribution in [3.05, 3.63) is 46.5 Å². The molecule has 0 unspecified atom stereocenters. The Balaban J connectivity index is 1.89. The Hall–Kier alpha value is -2.74. The summed E-state index contributed by atoms with van der Waals surface area (Å²) in [7, 11) is 1.27. The first-order valence-electron chi connectivity index (χ1n) is 6.39. The number of carbonyl (C=O) groups is 2. The number of hydrogen-bond donors (Lipinski definition) is 1. The highest BCUT2D eigenvalue weighted by atomic mass is 32.1. The number of anilines is 1. The summed E-state index contributed by atoms with van der Waals surface area (Å²) in [6.07, 6.45) is 0. The zero-order valence-electron chi connectivity index (χ0n) is 11.9. The zero-order valence-corrected chi connectivity index (χ0v) is 12.7. The molecule has 22 heavy (non-hydrogen) atoms. The molecular weight excluding hydrogens is 304 g/mol. The van der Waals surface area contributed by atoms with E-state index in [0.717, 1.165) is 5.69 Å². The number of amides is 1. The molecule has 0 aliphatic heterocycles. The Labute approximate surface area is 129 Å². The standard InChI is InChI=1S/C14H12N4O3S/c1-8-7-22-14-16-13(17-18(8)14)15-11(19)9-5-3-4-6-10(9)12(20)21-2/h3-7H,1-2H3,(H,15,17,19). The van der Waals surface area contributed by atoms with E-state index in [1.165, 1.54) is 24.5 Å². The van der Waals surface area contributed by atoms with Crippen LogP contribution in [-0.2, 0) is 4.74 Å². The Bertz CT molecular complexity index is 868. The lowest BCUT2D eigenvalue weighted by molar-refractivity contribution is 0.0597. The molecular formula is C14H12N4O3S. The number of benzene rings is 1. The van der Waals surface area contributed by atoms with Crippen LogP contribution in [0.1, 0.15) is 26.4 Å². The van der Waals surface area contributed by atoms with Crippen molar-refractivity contribution >= 4 is 34.1 Å². The third-order valence-corrected chi connectivity index (χ3v) is 3.98. The Morgan fingerprint density at radius 1 is 1.27 bits per heavy atom. The third-order valence-electron chi connectivity index (χ3n) is 3.05. The van der Waals surface area contributed by atoms with Crippen LogP contribution in [0.5, 0.6) is 0 Å². The van der Waals surface area contributed by atoms with Crippen molar-refractivity contribution < 1.29 is 14.3 Å². The van der Waals surface area contributed by atoms with Crippen LogP contribution in [0.15, 0.2) is 29.6 Å². The number of aromatic nitrogens is 3. The SMILES string of the molecule is COC(=O)c1ccccc1C(=O)Nc1nc2scc(C)n2n1. The zero-order chi connectivity index (χ0) is 15.7. The molecule has 8 heteroatoms. The fourth-order valence-electron chi connectivity index (χ4n) is 1.98. The summed E-state index contributed by atoms with van der Waals surface area (Å²) in [6, 6.07) is 6.41. The minimum atomic E-state index is -0.569. The van der Waals surface area contributed by atoms with E-state index in [4.69, 9.17) is 0 Å². The largest absolute Gasteiger partial charge is 0.465 e. The first-order valence-corrected chi connectivity index (χ1v) is 7.27. The molecule has 0 spiro atoms. The number of carbonyl (C=O) groups excluding carboxylic acids is 2. The molecule has 1 aromatic carbocycles. The molecule has 0 atom stereocenters. The van der Waals surface area contributed by atoms with Gasteiger partial charge in [-0.1, -0.05) is 12.1 Å². The Morgan fingerprint density at radius 2 is 2.00 bits per heavy atom. The summed E-state index contributed by atoms with van der Waals surface area (Å²) in [5.41, 5.74) is 1.34. The molecule has 0 saturated carbocycles. The number of rotatable bonds is 3. The Morgan fingerprint density at radius 3 is 2.68 bits per heavy atom. The number of nitrogens with zero attached hydrogens (tertiary/aromatic N) is 3. The predicted octanol–water partition coefficient (Wildman–Crippen LogP) is 2.14. The van der Waals surface area contributed by atoms with E-state index in [2.05, 4.69) is 20.1 Å². The van der Waals surface area contributed by atoms with Crippen LogP contribution in [0, 0.1) is 6.92 Å². The monoisotopic (exact) mass is 316 g/mol. The number of methoxy groups -OCH3 is 1. The van der Waals surface area contributed by atoms with Crippen molar-refractivity contribution in [2.24, 2.45) is 0 Å². The van der Waals surface area contributed by atoms with Gasteiger partial charge in [0.2, 0.25) is 4.96 Å². The second kappa shape index (κ2) is 5.57. The second-order valence-electron chi connectivity index (χ2n) is 4.50. The van der Waals surface area contributed by atoms with Gasteiger partial charge >= 0.3 is 5.97 Å². The fraction of sp³-hybridized carbons (Fsp3) is 0.143. The summed E-state index contributed by atoms with van der Waals surface area (Å²) < 4.78 is 6.32. The molecule has 112 valence electrons. The van der Waals surface area contributed by atoms with Crippen LogP contribution in [0.25, 0.3) is 4.96 Å². The van der Waals surface area contributed by atoms with Gasteiger partial charge in [-0.3, -0.25) is 10.1 Å². The van der Waals surface area contributed by atoms with Crippen LogP contribution >= 0.6 is 11.3 Å². The van der Waals surface area contributed by atoms with Crippen LogP contribution in [0.3, 0.4) is 0 Å². The molecule has 0 aliphatic carbocycles. The molecule has 7 nitrogen and oxygen atoms in total. The summed E-state index contributed by atoms with van der Waals surface area (Å²) in [5, 5.41) is 8.72. The van der Waals surface area contributed by atoms with E-state index in [-0.39, 0.29) is 17.1 Å². The average molecular weight is 316 g/mol. The van der Waals surface area contributed by atoms with Crippen molar-refractivity contribution in [2.45, 2.75) is 6.92 Å². The maximum atomic E-state index is 12.3. The maximum Gasteiger partial charge on any atom is 0.338 e. The van der Waals surface area contributed by atoms with Gasteiger partial charge in [-0.05, 0) is 19.1 Å². The molecule has 0 bridgehead atoms. The molecule has 3 rings (SSSR count). The number of ether oxygens (including phenoxy) is 1. The summed E-state index contributed by atoms with van der Waals surface area (Å²) in [5.74, 6) is -0.836. The van der Waals surface area contributed by atoms with Gasteiger partial charge in [0.25, 0.3) is 11.9 Å².